The van der Waals surface area contributed by atoms with Crippen molar-refractivity contribution >= 4 is 28.7 Å². The Labute approximate surface area is 213 Å². The molecule has 4 aromatic rings. The average Bonchev–Trinajstić information content (AvgIpc) is 3.30. The van der Waals surface area contributed by atoms with Gasteiger partial charge in [-0.05, 0) is 42.3 Å². The molecule has 2 atom stereocenters. The van der Waals surface area contributed by atoms with Crippen LogP contribution in [-0.2, 0) is 27.2 Å². The summed E-state index contributed by atoms with van der Waals surface area (Å²) in [6.45, 7) is 1.53. The molecule has 0 unspecified atom stereocenters. The van der Waals surface area contributed by atoms with Gasteiger partial charge in [0.1, 0.15) is 17.9 Å². The molecule has 8 nitrogen and oxygen atoms in total. The molecular weight excluding hydrogens is 472 g/mol. The quantitative estimate of drug-likeness (QED) is 0.315. The monoisotopic (exact) mass is 498 g/mol. The Morgan fingerprint density at radius 1 is 1.14 bits per heavy atom. The van der Waals surface area contributed by atoms with Crippen LogP contribution in [0.2, 0.25) is 0 Å². The number of amides is 1. The number of hydrogen-bond acceptors (Lipinski definition) is 5. The first-order valence-corrected chi connectivity index (χ1v) is 12.0. The molecule has 1 amide bonds. The number of aromatic nitrogens is 1. The number of cyclic esters (lactones) is 1. The number of carboxylic acid groups (broad SMARTS) is 1. The zero-order chi connectivity index (χ0) is 25.9. The number of carbonyl (C=O) groups excluding carboxylic acids is 2. The Morgan fingerprint density at radius 3 is 2.76 bits per heavy atom. The van der Waals surface area contributed by atoms with Crippen molar-refractivity contribution in [2.75, 3.05) is 6.61 Å². The van der Waals surface area contributed by atoms with E-state index in [0.29, 0.717) is 23.3 Å². The molecule has 37 heavy (non-hydrogen) atoms. The van der Waals surface area contributed by atoms with E-state index in [0.717, 1.165) is 27.6 Å². The zero-order valence-corrected chi connectivity index (χ0v) is 20.2. The SMILES string of the molecule is Cc1ccc(OCC(=O)N[C@H](Cc2c[nH]c3ccccc23)C(=O)O)c([C@H]2Cc3ccccc3C(=O)O2)c1. The van der Waals surface area contributed by atoms with Gasteiger partial charge in [-0.15, -0.1) is 0 Å². The number of aromatic amines is 1. The lowest BCUT2D eigenvalue weighted by atomic mass is 9.93. The molecule has 1 aliphatic rings. The molecule has 0 saturated heterocycles. The van der Waals surface area contributed by atoms with Crippen molar-refractivity contribution in [2.24, 2.45) is 0 Å². The standard InChI is InChI=1S/C29H26N2O6/c1-17-10-11-25(22(12-17)26-14-18-6-2-3-8-21(18)29(35)37-26)36-16-27(32)31-24(28(33)34)13-19-15-30-23-9-5-4-7-20(19)23/h2-12,15,24,26,30H,13-14,16H2,1H3,(H,31,32)(H,33,34)/t24-,26-/m1/s1. The number of nitrogens with one attached hydrogen (secondary N) is 2. The van der Waals surface area contributed by atoms with Crippen molar-refractivity contribution in [3.05, 3.63) is 101 Å². The number of fused-ring (bicyclic) bond motifs is 2. The fraction of sp³-hybridized carbons (Fsp3) is 0.207. The Bertz CT molecular complexity index is 1490. The minimum atomic E-state index is -1.14. The maximum atomic E-state index is 12.7. The van der Waals surface area contributed by atoms with Gasteiger partial charge in [0.25, 0.3) is 5.91 Å². The van der Waals surface area contributed by atoms with Gasteiger partial charge >= 0.3 is 11.9 Å². The van der Waals surface area contributed by atoms with Crippen LogP contribution in [0.15, 0.2) is 72.9 Å². The lowest BCUT2D eigenvalue weighted by molar-refractivity contribution is -0.142. The second-order valence-corrected chi connectivity index (χ2v) is 9.11. The summed E-state index contributed by atoms with van der Waals surface area (Å²) >= 11 is 0. The maximum Gasteiger partial charge on any atom is 0.339 e. The number of benzene rings is 3. The third kappa shape index (κ3) is 5.18. The predicted molar refractivity (Wildman–Crippen MR) is 137 cm³/mol. The van der Waals surface area contributed by atoms with Crippen molar-refractivity contribution in [1.29, 1.82) is 0 Å². The molecule has 1 aliphatic heterocycles. The number of carboxylic acids is 1. The van der Waals surface area contributed by atoms with E-state index in [4.69, 9.17) is 9.47 Å². The second kappa shape index (κ2) is 10.2. The van der Waals surface area contributed by atoms with Gasteiger partial charge in [0.05, 0.1) is 5.56 Å². The van der Waals surface area contributed by atoms with Crippen LogP contribution < -0.4 is 10.1 Å². The van der Waals surface area contributed by atoms with E-state index >= 15 is 0 Å². The lowest BCUT2D eigenvalue weighted by Gasteiger charge is -2.26. The van der Waals surface area contributed by atoms with Crippen LogP contribution in [-0.4, -0.2) is 40.6 Å². The number of para-hydroxylation sites is 1. The van der Waals surface area contributed by atoms with Gasteiger partial charge in [0.15, 0.2) is 6.61 Å². The fourth-order valence-corrected chi connectivity index (χ4v) is 4.66. The van der Waals surface area contributed by atoms with E-state index in [2.05, 4.69) is 10.3 Å². The Balaban J connectivity index is 1.28. The number of carbonyl (C=O) groups is 3. The number of hydrogen-bond donors (Lipinski definition) is 3. The Kier molecular flexibility index (Phi) is 6.64. The number of aryl methyl sites for hydroxylation is 1. The highest BCUT2D eigenvalue weighted by molar-refractivity contribution is 5.92. The van der Waals surface area contributed by atoms with E-state index < -0.39 is 30.0 Å². The van der Waals surface area contributed by atoms with Crippen molar-refractivity contribution in [3.8, 4) is 5.75 Å². The molecular formula is C29H26N2O6. The molecule has 0 bridgehead atoms. The van der Waals surface area contributed by atoms with Crippen LogP contribution in [0.3, 0.4) is 0 Å². The number of H-pyrrole nitrogens is 1. The van der Waals surface area contributed by atoms with Gasteiger partial charge in [-0.25, -0.2) is 9.59 Å². The zero-order valence-electron chi connectivity index (χ0n) is 20.2. The predicted octanol–water partition coefficient (Wildman–Crippen LogP) is 4.12. The van der Waals surface area contributed by atoms with Crippen LogP contribution in [0.4, 0.5) is 0 Å². The molecule has 5 rings (SSSR count). The van der Waals surface area contributed by atoms with Crippen LogP contribution in [0.5, 0.6) is 5.75 Å². The van der Waals surface area contributed by atoms with Crippen molar-refractivity contribution < 1.29 is 29.0 Å². The van der Waals surface area contributed by atoms with Gasteiger partial charge < -0.3 is 24.9 Å². The molecule has 3 aromatic carbocycles. The second-order valence-electron chi connectivity index (χ2n) is 9.11. The van der Waals surface area contributed by atoms with Gasteiger partial charge in [0, 0.05) is 35.5 Å². The summed E-state index contributed by atoms with van der Waals surface area (Å²) in [6, 6.07) is 19.2. The van der Waals surface area contributed by atoms with E-state index in [9.17, 15) is 19.5 Å². The molecule has 1 aromatic heterocycles. The fourth-order valence-electron chi connectivity index (χ4n) is 4.66. The Hall–Kier alpha value is -4.59. The number of rotatable bonds is 8. The van der Waals surface area contributed by atoms with E-state index in [-0.39, 0.29) is 13.0 Å². The number of aliphatic carboxylic acids is 1. The average molecular weight is 499 g/mol. The highest BCUT2D eigenvalue weighted by Gasteiger charge is 2.29. The molecule has 0 radical (unpaired) electrons. The van der Waals surface area contributed by atoms with Crippen molar-refractivity contribution in [2.45, 2.75) is 31.9 Å². The third-order valence-corrected chi connectivity index (χ3v) is 6.50. The summed E-state index contributed by atoms with van der Waals surface area (Å²) in [5.41, 5.74) is 4.73. The summed E-state index contributed by atoms with van der Waals surface area (Å²) in [7, 11) is 0. The molecule has 188 valence electrons. The summed E-state index contributed by atoms with van der Waals surface area (Å²) in [6.07, 6.45) is 1.80. The molecule has 2 heterocycles. The van der Waals surface area contributed by atoms with E-state index in [1.54, 1.807) is 24.4 Å². The topological polar surface area (TPSA) is 118 Å². The van der Waals surface area contributed by atoms with E-state index in [1.165, 1.54) is 0 Å². The van der Waals surface area contributed by atoms with Crippen molar-refractivity contribution in [1.82, 2.24) is 10.3 Å². The van der Waals surface area contributed by atoms with Gasteiger partial charge in [-0.1, -0.05) is 48.0 Å². The highest BCUT2D eigenvalue weighted by atomic mass is 16.5. The van der Waals surface area contributed by atoms with Crippen LogP contribution in [0, 0.1) is 6.92 Å². The minimum Gasteiger partial charge on any atom is -0.483 e. The smallest absolute Gasteiger partial charge is 0.339 e. The summed E-state index contributed by atoms with van der Waals surface area (Å²) in [5.74, 6) is -1.70. The van der Waals surface area contributed by atoms with Crippen LogP contribution in [0.25, 0.3) is 10.9 Å². The largest absolute Gasteiger partial charge is 0.483 e. The first kappa shape index (κ1) is 24.1. The van der Waals surface area contributed by atoms with Crippen LogP contribution >= 0.6 is 0 Å². The van der Waals surface area contributed by atoms with Crippen molar-refractivity contribution in [3.63, 3.8) is 0 Å². The lowest BCUT2D eigenvalue weighted by Crippen LogP contribution is -2.44. The highest BCUT2D eigenvalue weighted by Crippen LogP contribution is 2.36. The van der Waals surface area contributed by atoms with Crippen LogP contribution in [0.1, 0.15) is 38.7 Å². The van der Waals surface area contributed by atoms with E-state index in [1.807, 2.05) is 55.5 Å². The molecule has 8 heteroatoms. The van der Waals surface area contributed by atoms with Gasteiger partial charge in [-0.3, -0.25) is 4.79 Å². The van der Waals surface area contributed by atoms with Gasteiger partial charge in [0.2, 0.25) is 0 Å². The number of ether oxygens (including phenoxy) is 2. The molecule has 0 spiro atoms. The molecule has 0 saturated carbocycles. The molecule has 3 N–H and O–H groups in total. The molecule has 0 aliphatic carbocycles. The molecule has 0 fully saturated rings. The summed E-state index contributed by atoms with van der Waals surface area (Å²) in [5, 5.41) is 13.2. The normalized spacial score (nSPS) is 15.5. The Morgan fingerprint density at radius 2 is 1.92 bits per heavy atom. The first-order chi connectivity index (χ1) is 17.9. The maximum absolute atomic E-state index is 12.7. The van der Waals surface area contributed by atoms with Gasteiger partial charge in [-0.2, -0.15) is 0 Å². The summed E-state index contributed by atoms with van der Waals surface area (Å²) in [4.78, 5) is 40.2. The summed E-state index contributed by atoms with van der Waals surface area (Å²) < 4.78 is 11.5. The first-order valence-electron chi connectivity index (χ1n) is 12.0. The minimum absolute atomic E-state index is 0.123. The third-order valence-electron chi connectivity index (χ3n) is 6.50. The number of esters is 1.